The first kappa shape index (κ1) is 28.8. The maximum Gasteiger partial charge on any atom is 0.472 e. The van der Waals surface area contributed by atoms with E-state index in [1.54, 1.807) is 0 Å². The van der Waals surface area contributed by atoms with Crippen LogP contribution in [-0.2, 0) is 13.6 Å². The third-order valence-electron chi connectivity index (χ3n) is 6.10. The summed E-state index contributed by atoms with van der Waals surface area (Å²) >= 11 is 0. The highest BCUT2D eigenvalue weighted by Crippen LogP contribution is 2.43. The fourth-order valence-corrected chi connectivity index (χ4v) is 4.88. The number of phosphoric ester groups is 1. The number of hydrogen-bond acceptors (Lipinski definition) is 4. The Balaban J connectivity index is 1.41. The predicted octanol–water partition coefficient (Wildman–Crippen LogP) is 8.83. The van der Waals surface area contributed by atoms with E-state index < -0.39 is 7.82 Å². The van der Waals surface area contributed by atoms with E-state index in [0.717, 1.165) is 35.8 Å². The van der Waals surface area contributed by atoms with Crippen molar-refractivity contribution in [1.29, 1.82) is 0 Å². The molecule has 34 heavy (non-hydrogen) atoms. The smallest absolute Gasteiger partial charge is 0.472 e. The minimum absolute atomic E-state index is 0.00423. The normalized spacial score (nSPS) is 13.2. The molecule has 0 aliphatic carbocycles. The van der Waals surface area contributed by atoms with Gasteiger partial charge in [-0.1, -0.05) is 127 Å². The van der Waals surface area contributed by atoms with Gasteiger partial charge in [0.15, 0.2) is 0 Å². The largest absolute Gasteiger partial charge is 0.491 e. The molecule has 0 amide bonds. The van der Waals surface area contributed by atoms with Gasteiger partial charge in [-0.15, -0.1) is 0 Å². The van der Waals surface area contributed by atoms with Crippen molar-refractivity contribution in [3.63, 3.8) is 0 Å². The lowest BCUT2D eigenvalue weighted by molar-refractivity contribution is 0.128. The van der Waals surface area contributed by atoms with E-state index in [-0.39, 0.29) is 19.8 Å². The minimum atomic E-state index is -4.03. The van der Waals surface area contributed by atoms with E-state index in [0.29, 0.717) is 0 Å². The molecule has 0 heterocycles. The molecule has 1 unspecified atom stereocenters. The van der Waals surface area contributed by atoms with Crippen molar-refractivity contribution >= 4 is 18.6 Å². The van der Waals surface area contributed by atoms with E-state index in [1.807, 2.05) is 42.5 Å². The third kappa shape index (κ3) is 12.9. The van der Waals surface area contributed by atoms with Gasteiger partial charge in [-0.2, -0.15) is 0 Å². The number of ether oxygens (including phenoxy) is 1. The molecule has 1 atom stereocenters. The van der Waals surface area contributed by atoms with Crippen LogP contribution in [0.5, 0.6) is 5.75 Å². The molecule has 0 aliphatic heterocycles. The van der Waals surface area contributed by atoms with Gasteiger partial charge in [0.2, 0.25) is 0 Å². The summed E-state index contributed by atoms with van der Waals surface area (Å²) in [6, 6.07) is 13.8. The van der Waals surface area contributed by atoms with E-state index in [2.05, 4.69) is 6.92 Å². The summed E-state index contributed by atoms with van der Waals surface area (Å²) in [5.41, 5.74) is 0. The molecule has 2 rings (SSSR count). The number of hydrogen-bond donors (Lipinski definition) is 1. The van der Waals surface area contributed by atoms with Crippen molar-refractivity contribution in [2.45, 2.75) is 96.8 Å². The van der Waals surface area contributed by atoms with Crippen LogP contribution in [0.15, 0.2) is 42.5 Å². The van der Waals surface area contributed by atoms with Gasteiger partial charge in [-0.3, -0.25) is 9.05 Å². The van der Waals surface area contributed by atoms with Crippen LogP contribution in [0, 0.1) is 0 Å². The average molecular weight is 493 g/mol. The zero-order valence-corrected chi connectivity index (χ0v) is 22.0. The SMILES string of the molecule is CCCCCCCCCCCCCCCCOP(=O)(O)OCCOc1cccc2ccccc12. The lowest BCUT2D eigenvalue weighted by Crippen LogP contribution is -2.07. The maximum absolute atomic E-state index is 12.0. The molecule has 0 fully saturated rings. The highest BCUT2D eigenvalue weighted by Gasteiger charge is 2.20. The second kappa shape index (κ2) is 18.0. The zero-order valence-electron chi connectivity index (χ0n) is 21.1. The summed E-state index contributed by atoms with van der Waals surface area (Å²) in [7, 11) is -4.03. The molecule has 192 valence electrons. The molecule has 6 heteroatoms. The van der Waals surface area contributed by atoms with E-state index >= 15 is 0 Å². The van der Waals surface area contributed by atoms with E-state index in [4.69, 9.17) is 13.8 Å². The summed E-state index contributed by atoms with van der Waals surface area (Å²) in [4.78, 5) is 9.84. The molecule has 0 saturated carbocycles. The molecule has 0 spiro atoms. The highest BCUT2D eigenvalue weighted by molar-refractivity contribution is 7.47. The van der Waals surface area contributed by atoms with Crippen LogP contribution in [0.4, 0.5) is 0 Å². The first-order valence-electron chi connectivity index (χ1n) is 13.3. The van der Waals surface area contributed by atoms with Crippen molar-refractivity contribution in [2.75, 3.05) is 19.8 Å². The van der Waals surface area contributed by atoms with Crippen LogP contribution in [0.2, 0.25) is 0 Å². The first-order chi connectivity index (χ1) is 16.6. The van der Waals surface area contributed by atoms with Gasteiger partial charge in [0.1, 0.15) is 12.4 Å². The van der Waals surface area contributed by atoms with Gasteiger partial charge < -0.3 is 9.63 Å². The van der Waals surface area contributed by atoms with Crippen molar-refractivity contribution in [1.82, 2.24) is 0 Å². The van der Waals surface area contributed by atoms with Gasteiger partial charge in [0, 0.05) is 5.39 Å². The molecular formula is C28H45O5P. The van der Waals surface area contributed by atoms with Crippen molar-refractivity contribution in [3.05, 3.63) is 42.5 Å². The Morgan fingerprint density at radius 2 is 1.18 bits per heavy atom. The number of fused-ring (bicyclic) bond motifs is 1. The van der Waals surface area contributed by atoms with Gasteiger partial charge in [0.05, 0.1) is 13.2 Å². The van der Waals surface area contributed by atoms with Gasteiger partial charge in [-0.25, -0.2) is 4.57 Å². The van der Waals surface area contributed by atoms with E-state index in [9.17, 15) is 9.46 Å². The molecule has 0 aromatic heterocycles. The monoisotopic (exact) mass is 492 g/mol. The molecule has 2 aromatic rings. The molecule has 0 bridgehead atoms. The molecule has 0 saturated heterocycles. The predicted molar refractivity (Wildman–Crippen MR) is 141 cm³/mol. The van der Waals surface area contributed by atoms with Crippen LogP contribution < -0.4 is 4.74 Å². The molecule has 2 aromatic carbocycles. The Hall–Kier alpha value is -1.39. The summed E-state index contributed by atoms with van der Waals surface area (Å²) in [6.07, 6.45) is 17.8. The molecule has 0 aliphatic rings. The summed E-state index contributed by atoms with van der Waals surface area (Å²) in [5, 5.41) is 2.09. The Morgan fingerprint density at radius 1 is 0.647 bits per heavy atom. The quantitative estimate of drug-likeness (QED) is 0.139. The molecule has 5 nitrogen and oxygen atoms in total. The molecule has 0 radical (unpaired) electrons. The lowest BCUT2D eigenvalue weighted by Gasteiger charge is -2.13. The fraction of sp³-hybridized carbons (Fsp3) is 0.643. The summed E-state index contributed by atoms with van der Waals surface area (Å²) < 4.78 is 27.9. The Labute approximate surface area is 206 Å². The summed E-state index contributed by atoms with van der Waals surface area (Å²) in [5.74, 6) is 0.734. The maximum atomic E-state index is 12.0. The van der Waals surface area contributed by atoms with Crippen molar-refractivity contribution in [3.8, 4) is 5.75 Å². The Kier molecular flexibility index (Phi) is 15.2. The zero-order chi connectivity index (χ0) is 24.3. The fourth-order valence-electron chi connectivity index (χ4n) is 4.14. The minimum Gasteiger partial charge on any atom is -0.491 e. The van der Waals surface area contributed by atoms with E-state index in [1.165, 1.54) is 70.6 Å². The molecular weight excluding hydrogens is 447 g/mol. The number of unbranched alkanes of at least 4 members (excludes halogenated alkanes) is 13. The van der Waals surface area contributed by atoms with Crippen LogP contribution in [0.3, 0.4) is 0 Å². The standard InChI is InChI=1S/C28H45O5P/c1-2-3-4-5-6-7-8-9-10-11-12-13-14-17-23-32-34(29,30)33-25-24-31-28-22-18-20-26-19-15-16-21-27(26)28/h15-16,18-22H,2-14,17,23-25H2,1H3,(H,29,30). The average Bonchev–Trinajstić information content (AvgIpc) is 2.84. The van der Waals surface area contributed by atoms with Gasteiger partial charge in [0.25, 0.3) is 0 Å². The lowest BCUT2D eigenvalue weighted by atomic mass is 10.0. The summed E-state index contributed by atoms with van der Waals surface area (Å²) in [6.45, 7) is 2.69. The van der Waals surface area contributed by atoms with Gasteiger partial charge >= 0.3 is 7.82 Å². The van der Waals surface area contributed by atoms with Crippen LogP contribution in [0.1, 0.15) is 96.8 Å². The second-order valence-corrected chi connectivity index (χ2v) is 10.5. The second-order valence-electron chi connectivity index (χ2n) is 9.06. The topological polar surface area (TPSA) is 65.0 Å². The Bertz CT molecular complexity index is 820. The number of benzene rings is 2. The van der Waals surface area contributed by atoms with Crippen molar-refractivity contribution < 1.29 is 23.2 Å². The van der Waals surface area contributed by atoms with Crippen LogP contribution in [0.25, 0.3) is 10.8 Å². The number of phosphoric acid groups is 1. The highest BCUT2D eigenvalue weighted by atomic mass is 31.2. The number of rotatable bonds is 21. The molecule has 1 N–H and O–H groups in total. The third-order valence-corrected chi connectivity index (χ3v) is 7.12. The first-order valence-corrected chi connectivity index (χ1v) is 14.8. The Morgan fingerprint density at radius 3 is 1.82 bits per heavy atom. The van der Waals surface area contributed by atoms with Crippen LogP contribution >= 0.6 is 7.82 Å². The van der Waals surface area contributed by atoms with Gasteiger partial charge in [-0.05, 0) is 17.9 Å². The van der Waals surface area contributed by atoms with Crippen LogP contribution in [-0.4, -0.2) is 24.7 Å². The van der Waals surface area contributed by atoms with Crippen molar-refractivity contribution in [2.24, 2.45) is 0 Å².